The van der Waals surface area contributed by atoms with Crippen LogP contribution in [0.1, 0.15) is 23.4 Å². The Morgan fingerprint density at radius 2 is 1.89 bits per heavy atom. The number of morpholine rings is 1. The Balaban J connectivity index is 1.65. The van der Waals surface area contributed by atoms with Gasteiger partial charge in [-0.25, -0.2) is 9.78 Å². The van der Waals surface area contributed by atoms with Crippen molar-refractivity contribution >= 4 is 23.2 Å². The molecule has 0 spiro atoms. The lowest BCUT2D eigenvalue weighted by Crippen LogP contribution is -2.36. The number of likely N-dealkylation sites (tertiary alicyclic amines) is 1. The van der Waals surface area contributed by atoms with Gasteiger partial charge >= 0.3 is 6.03 Å². The molecule has 27 heavy (non-hydrogen) atoms. The number of rotatable bonds is 2. The van der Waals surface area contributed by atoms with Gasteiger partial charge in [-0.15, -0.1) is 11.3 Å². The van der Waals surface area contributed by atoms with Crippen molar-refractivity contribution in [2.24, 2.45) is 4.99 Å². The second-order valence-electron chi connectivity index (χ2n) is 6.92. The molecule has 0 aliphatic carbocycles. The van der Waals surface area contributed by atoms with Gasteiger partial charge in [0.15, 0.2) is 4.80 Å². The zero-order chi connectivity index (χ0) is 18.8. The van der Waals surface area contributed by atoms with E-state index in [4.69, 9.17) is 4.74 Å². The van der Waals surface area contributed by atoms with Crippen LogP contribution >= 0.6 is 11.3 Å². The Morgan fingerprint density at radius 1 is 1.15 bits per heavy atom. The van der Waals surface area contributed by atoms with Gasteiger partial charge in [0.1, 0.15) is 5.82 Å². The molecule has 0 aromatic carbocycles. The van der Waals surface area contributed by atoms with Crippen molar-refractivity contribution in [2.45, 2.75) is 26.7 Å². The van der Waals surface area contributed by atoms with Crippen LogP contribution in [0, 0.1) is 13.8 Å². The van der Waals surface area contributed by atoms with Crippen LogP contribution in [-0.4, -0.2) is 59.9 Å². The van der Waals surface area contributed by atoms with E-state index in [0.29, 0.717) is 4.80 Å². The fourth-order valence-corrected chi connectivity index (χ4v) is 4.46. The maximum absolute atomic E-state index is 12.5. The molecule has 4 heterocycles. The highest BCUT2D eigenvalue weighted by Crippen LogP contribution is 2.19. The van der Waals surface area contributed by atoms with Crippen molar-refractivity contribution in [1.82, 2.24) is 14.5 Å². The Hall–Kier alpha value is -2.19. The topological polar surface area (TPSA) is 63.0 Å². The van der Waals surface area contributed by atoms with Gasteiger partial charge in [0.2, 0.25) is 0 Å². The molecule has 2 aromatic rings. The molecule has 2 fully saturated rings. The maximum Gasteiger partial charge on any atom is 0.346 e. The minimum absolute atomic E-state index is 0.139. The summed E-state index contributed by atoms with van der Waals surface area (Å²) in [4.78, 5) is 27.5. The average molecular weight is 388 g/mol. The number of aromatic nitrogens is 2. The first-order chi connectivity index (χ1) is 13.1. The van der Waals surface area contributed by atoms with E-state index in [1.165, 1.54) is 0 Å². The number of thiazole rings is 1. The van der Waals surface area contributed by atoms with Crippen LogP contribution in [0.25, 0.3) is 5.69 Å². The first-order valence-corrected chi connectivity index (χ1v) is 10.3. The molecule has 4 rings (SSSR count). The molecule has 0 saturated carbocycles. The van der Waals surface area contributed by atoms with E-state index in [9.17, 15) is 4.79 Å². The summed E-state index contributed by atoms with van der Waals surface area (Å²) in [5, 5.41) is 0. The summed E-state index contributed by atoms with van der Waals surface area (Å²) >= 11 is 1.55. The Kier molecular flexibility index (Phi) is 5.27. The number of amides is 2. The second kappa shape index (κ2) is 7.82. The highest BCUT2D eigenvalue weighted by atomic mass is 32.1. The predicted octanol–water partition coefficient (Wildman–Crippen LogP) is 2.50. The molecule has 2 aliphatic heterocycles. The molecule has 8 heteroatoms. The lowest BCUT2D eigenvalue weighted by Gasteiger charge is -2.27. The van der Waals surface area contributed by atoms with Gasteiger partial charge in [-0.2, -0.15) is 4.99 Å². The van der Waals surface area contributed by atoms with Gasteiger partial charge in [0, 0.05) is 36.8 Å². The smallest absolute Gasteiger partial charge is 0.346 e. The van der Waals surface area contributed by atoms with Gasteiger partial charge in [-0.1, -0.05) is 0 Å². The molecule has 0 bridgehead atoms. The van der Waals surface area contributed by atoms with Crippen LogP contribution < -0.4 is 9.70 Å². The van der Waals surface area contributed by atoms with Gasteiger partial charge < -0.3 is 14.5 Å². The minimum atomic E-state index is -0.139. The van der Waals surface area contributed by atoms with E-state index in [0.717, 1.165) is 74.3 Å². The molecule has 144 valence electrons. The molecule has 2 saturated heterocycles. The summed E-state index contributed by atoms with van der Waals surface area (Å²) in [7, 11) is 0. The summed E-state index contributed by atoms with van der Waals surface area (Å²) in [6.45, 7) is 8.93. The van der Waals surface area contributed by atoms with Crippen LogP contribution in [0.3, 0.4) is 0 Å². The summed E-state index contributed by atoms with van der Waals surface area (Å²) in [6.07, 6.45) is 4.00. The number of carbonyl (C=O) groups is 1. The fourth-order valence-electron chi connectivity index (χ4n) is 3.49. The first kappa shape index (κ1) is 18.2. The number of carbonyl (C=O) groups excluding carboxylic acids is 1. The molecule has 0 radical (unpaired) electrons. The van der Waals surface area contributed by atoms with Crippen LogP contribution in [0.15, 0.2) is 23.3 Å². The number of anilines is 1. The molecule has 2 aromatic heterocycles. The Morgan fingerprint density at radius 3 is 2.56 bits per heavy atom. The molecule has 2 aliphatic rings. The molecular formula is C19H25N5O2S. The van der Waals surface area contributed by atoms with Crippen molar-refractivity contribution in [2.75, 3.05) is 44.3 Å². The number of urea groups is 1. The van der Waals surface area contributed by atoms with Gasteiger partial charge in [-0.05, 0) is 38.8 Å². The second-order valence-corrected chi connectivity index (χ2v) is 8.11. The number of nitrogens with zero attached hydrogens (tertiary/aromatic N) is 5. The van der Waals surface area contributed by atoms with E-state index in [-0.39, 0.29) is 6.03 Å². The monoisotopic (exact) mass is 387 g/mol. The van der Waals surface area contributed by atoms with E-state index >= 15 is 0 Å². The summed E-state index contributed by atoms with van der Waals surface area (Å²) in [5.74, 6) is 0.957. The molecule has 0 atom stereocenters. The largest absolute Gasteiger partial charge is 0.378 e. The maximum atomic E-state index is 12.5. The first-order valence-electron chi connectivity index (χ1n) is 9.45. The zero-order valence-corrected chi connectivity index (χ0v) is 16.7. The zero-order valence-electron chi connectivity index (χ0n) is 15.8. The molecule has 2 amide bonds. The molecule has 0 unspecified atom stereocenters. The van der Waals surface area contributed by atoms with Crippen molar-refractivity contribution in [3.63, 3.8) is 0 Å². The van der Waals surface area contributed by atoms with Crippen LogP contribution in [-0.2, 0) is 4.74 Å². The Bertz CT molecular complexity index is 874. The van der Waals surface area contributed by atoms with Crippen molar-refractivity contribution in [1.29, 1.82) is 0 Å². The van der Waals surface area contributed by atoms with Crippen LogP contribution in [0.5, 0.6) is 0 Å². The van der Waals surface area contributed by atoms with Crippen LogP contribution in [0.2, 0.25) is 0 Å². The van der Waals surface area contributed by atoms with Crippen molar-refractivity contribution in [3.8, 4) is 5.69 Å². The van der Waals surface area contributed by atoms with E-state index in [2.05, 4.69) is 34.8 Å². The van der Waals surface area contributed by atoms with E-state index in [1.54, 1.807) is 11.3 Å². The minimum Gasteiger partial charge on any atom is -0.378 e. The standard InChI is InChI=1S/C19H25N5O2S/c1-14-15(2)27-19(21-18(25)23-7-3-4-8-23)24(14)16-5-6-17(20-13-16)22-9-11-26-12-10-22/h5-6,13H,3-4,7-12H2,1-2H3/b21-19-. The average Bonchev–Trinajstić information content (AvgIpc) is 3.32. The third-order valence-corrected chi connectivity index (χ3v) is 6.23. The van der Waals surface area contributed by atoms with Crippen molar-refractivity contribution in [3.05, 3.63) is 33.7 Å². The third kappa shape index (κ3) is 3.77. The number of aryl methyl sites for hydroxylation is 1. The Labute approximate surface area is 162 Å². The van der Waals surface area contributed by atoms with Gasteiger partial charge in [0.25, 0.3) is 0 Å². The highest BCUT2D eigenvalue weighted by molar-refractivity contribution is 7.09. The summed E-state index contributed by atoms with van der Waals surface area (Å²) < 4.78 is 7.44. The number of hydrogen-bond acceptors (Lipinski definition) is 5. The lowest BCUT2D eigenvalue weighted by atomic mass is 10.3. The van der Waals surface area contributed by atoms with E-state index in [1.807, 2.05) is 21.7 Å². The van der Waals surface area contributed by atoms with E-state index < -0.39 is 0 Å². The number of ether oxygens (including phenoxy) is 1. The third-order valence-electron chi connectivity index (χ3n) is 5.17. The highest BCUT2D eigenvalue weighted by Gasteiger charge is 2.19. The quantitative estimate of drug-likeness (QED) is 0.794. The molecule has 7 nitrogen and oxygen atoms in total. The lowest BCUT2D eigenvalue weighted by molar-refractivity contribution is 0.122. The normalized spacial score (nSPS) is 18.4. The van der Waals surface area contributed by atoms with Crippen LogP contribution in [0.4, 0.5) is 10.6 Å². The summed E-state index contributed by atoms with van der Waals surface area (Å²) in [6, 6.07) is 3.95. The summed E-state index contributed by atoms with van der Waals surface area (Å²) in [5.41, 5.74) is 2.02. The molecular weight excluding hydrogens is 362 g/mol. The fraction of sp³-hybridized carbons (Fsp3) is 0.526. The van der Waals surface area contributed by atoms with Gasteiger partial charge in [-0.3, -0.25) is 4.57 Å². The SMILES string of the molecule is Cc1s/c(=N\C(=O)N2CCCC2)n(-c2ccc(N3CCOCC3)nc2)c1C. The van der Waals surface area contributed by atoms with Crippen molar-refractivity contribution < 1.29 is 9.53 Å². The van der Waals surface area contributed by atoms with Gasteiger partial charge in [0.05, 0.1) is 25.1 Å². The molecule has 0 N–H and O–H groups in total. The number of hydrogen-bond donors (Lipinski definition) is 0. The predicted molar refractivity (Wildman–Crippen MR) is 106 cm³/mol. The number of pyridine rings is 1.